The summed E-state index contributed by atoms with van der Waals surface area (Å²) in [6.07, 6.45) is 8.31. The summed E-state index contributed by atoms with van der Waals surface area (Å²) in [6.45, 7) is 8.07. The summed E-state index contributed by atoms with van der Waals surface area (Å²) < 4.78 is 0. The van der Waals surface area contributed by atoms with Crippen LogP contribution in [0.5, 0.6) is 0 Å². The first-order valence-electron chi connectivity index (χ1n) is 7.54. The van der Waals surface area contributed by atoms with Gasteiger partial charge in [-0.05, 0) is 68.4 Å². The van der Waals surface area contributed by atoms with Crippen molar-refractivity contribution in [3.8, 4) is 0 Å². The van der Waals surface area contributed by atoms with E-state index in [0.29, 0.717) is 0 Å². The molecule has 21 heavy (non-hydrogen) atoms. The molecule has 1 aliphatic rings. The average Bonchev–Trinajstić information content (AvgIpc) is 2.47. The van der Waals surface area contributed by atoms with Crippen molar-refractivity contribution in [2.24, 2.45) is 0 Å². The Hall–Kier alpha value is -2.09. The summed E-state index contributed by atoms with van der Waals surface area (Å²) in [6, 6.07) is 7.65. The lowest BCUT2D eigenvalue weighted by Gasteiger charge is -2.21. The molecule has 1 aromatic carbocycles. The van der Waals surface area contributed by atoms with Crippen molar-refractivity contribution in [2.45, 2.75) is 39.5 Å². The number of hydrogen-bond donors (Lipinski definition) is 1. The fraction of sp³-hybridized carbons (Fsp3) is 0.316. The zero-order valence-electron chi connectivity index (χ0n) is 12.9. The summed E-state index contributed by atoms with van der Waals surface area (Å²) in [5.74, 6) is -0.0490. The summed E-state index contributed by atoms with van der Waals surface area (Å²) in [5.41, 5.74) is 4.96. The monoisotopic (exact) mass is 281 g/mol. The highest BCUT2D eigenvalue weighted by Crippen LogP contribution is 2.29. The second kappa shape index (κ2) is 7.07. The maximum absolute atomic E-state index is 12.5. The summed E-state index contributed by atoms with van der Waals surface area (Å²) in [5, 5.41) is 3.07. The van der Waals surface area contributed by atoms with Gasteiger partial charge in [0.15, 0.2) is 0 Å². The van der Waals surface area contributed by atoms with E-state index in [4.69, 9.17) is 0 Å². The molecule has 2 heteroatoms. The Morgan fingerprint density at radius 3 is 2.62 bits per heavy atom. The van der Waals surface area contributed by atoms with Gasteiger partial charge in [-0.2, -0.15) is 0 Å². The summed E-state index contributed by atoms with van der Waals surface area (Å²) in [4.78, 5) is 12.5. The van der Waals surface area contributed by atoms with Crippen molar-refractivity contribution in [3.63, 3.8) is 0 Å². The largest absolute Gasteiger partial charge is 0.322 e. The third-order valence-corrected chi connectivity index (χ3v) is 3.88. The summed E-state index contributed by atoms with van der Waals surface area (Å²) >= 11 is 0. The number of hydrogen-bond acceptors (Lipinski definition) is 1. The predicted molar refractivity (Wildman–Crippen MR) is 88.1 cm³/mol. The topological polar surface area (TPSA) is 29.1 Å². The molecule has 0 spiro atoms. The van der Waals surface area contributed by atoms with E-state index in [1.807, 2.05) is 50.3 Å². The molecule has 1 aliphatic carbocycles. The van der Waals surface area contributed by atoms with Crippen molar-refractivity contribution in [1.29, 1.82) is 0 Å². The van der Waals surface area contributed by atoms with Crippen LogP contribution in [0.3, 0.4) is 0 Å². The first-order chi connectivity index (χ1) is 10.1. The van der Waals surface area contributed by atoms with Gasteiger partial charge < -0.3 is 5.32 Å². The van der Waals surface area contributed by atoms with Crippen LogP contribution < -0.4 is 5.32 Å². The van der Waals surface area contributed by atoms with Crippen LogP contribution in [0, 0.1) is 6.92 Å². The molecule has 0 aromatic heterocycles. The second-order valence-electron chi connectivity index (χ2n) is 5.47. The number of benzene rings is 1. The minimum atomic E-state index is -0.0490. The van der Waals surface area contributed by atoms with Crippen molar-refractivity contribution < 1.29 is 4.79 Å². The Labute approximate surface area is 127 Å². The minimum Gasteiger partial charge on any atom is -0.322 e. The molecule has 110 valence electrons. The fourth-order valence-electron chi connectivity index (χ4n) is 2.69. The van der Waals surface area contributed by atoms with E-state index in [1.165, 1.54) is 12.0 Å². The van der Waals surface area contributed by atoms with Gasteiger partial charge in [0.25, 0.3) is 5.91 Å². The lowest BCUT2D eigenvalue weighted by Crippen LogP contribution is -2.24. The molecular formula is C19H23NO. The van der Waals surface area contributed by atoms with E-state index in [0.717, 1.165) is 41.7 Å². The molecule has 0 atom stereocenters. The second-order valence-corrected chi connectivity index (χ2v) is 5.47. The van der Waals surface area contributed by atoms with Crippen LogP contribution in [0.1, 0.15) is 48.5 Å². The average molecular weight is 281 g/mol. The van der Waals surface area contributed by atoms with Crippen LogP contribution in [-0.4, -0.2) is 5.91 Å². The van der Waals surface area contributed by atoms with E-state index in [2.05, 4.69) is 11.9 Å². The first kappa shape index (κ1) is 15.3. The fourth-order valence-corrected chi connectivity index (χ4v) is 2.69. The molecule has 0 aliphatic heterocycles. The minimum absolute atomic E-state index is 0.0490. The number of allylic oxidation sites excluding steroid dienone is 4. The van der Waals surface area contributed by atoms with Crippen LogP contribution >= 0.6 is 0 Å². The Bertz CT molecular complexity index is 608. The molecule has 1 fully saturated rings. The van der Waals surface area contributed by atoms with Crippen molar-refractivity contribution in [2.75, 3.05) is 0 Å². The van der Waals surface area contributed by atoms with Crippen molar-refractivity contribution in [3.05, 3.63) is 71.0 Å². The summed E-state index contributed by atoms with van der Waals surface area (Å²) in [7, 11) is 0. The lowest BCUT2D eigenvalue weighted by molar-refractivity contribution is 0.0966. The quantitative estimate of drug-likeness (QED) is 0.856. The predicted octanol–water partition coefficient (Wildman–Crippen LogP) is 4.69. The maximum Gasteiger partial charge on any atom is 0.255 e. The third-order valence-electron chi connectivity index (χ3n) is 3.88. The van der Waals surface area contributed by atoms with E-state index < -0.39 is 0 Å². The molecule has 1 N–H and O–H groups in total. The number of aryl methyl sites for hydroxylation is 1. The van der Waals surface area contributed by atoms with E-state index in [9.17, 15) is 4.79 Å². The van der Waals surface area contributed by atoms with Crippen LogP contribution in [0.25, 0.3) is 0 Å². The molecule has 0 radical (unpaired) electrons. The molecule has 1 aromatic rings. The number of rotatable bonds is 3. The van der Waals surface area contributed by atoms with Crippen LogP contribution in [0.15, 0.2) is 59.8 Å². The Morgan fingerprint density at radius 2 is 1.95 bits per heavy atom. The molecule has 0 saturated heterocycles. The molecule has 0 unspecified atom stereocenters. The molecule has 2 rings (SSSR count). The number of carbonyl (C=O) groups is 1. The SMILES string of the molecule is C=C1CCCC/C1=C(/C=C\C)NC(=O)c1ccccc1C. The molecule has 0 bridgehead atoms. The zero-order valence-corrected chi connectivity index (χ0v) is 12.9. The highest BCUT2D eigenvalue weighted by atomic mass is 16.1. The normalized spacial score (nSPS) is 17.9. The van der Waals surface area contributed by atoms with Gasteiger partial charge in [-0.15, -0.1) is 0 Å². The van der Waals surface area contributed by atoms with Crippen LogP contribution in [0.4, 0.5) is 0 Å². The van der Waals surface area contributed by atoms with Gasteiger partial charge in [0.05, 0.1) is 0 Å². The van der Waals surface area contributed by atoms with Crippen LogP contribution in [-0.2, 0) is 0 Å². The lowest BCUT2D eigenvalue weighted by atomic mass is 9.89. The van der Waals surface area contributed by atoms with Gasteiger partial charge >= 0.3 is 0 Å². The van der Waals surface area contributed by atoms with Gasteiger partial charge in [0.1, 0.15) is 0 Å². The van der Waals surface area contributed by atoms with Gasteiger partial charge in [-0.3, -0.25) is 4.79 Å². The van der Waals surface area contributed by atoms with Crippen LogP contribution in [0.2, 0.25) is 0 Å². The zero-order chi connectivity index (χ0) is 15.2. The van der Waals surface area contributed by atoms with Gasteiger partial charge in [-0.1, -0.05) is 30.9 Å². The smallest absolute Gasteiger partial charge is 0.255 e. The highest BCUT2D eigenvalue weighted by Gasteiger charge is 2.16. The van der Waals surface area contributed by atoms with E-state index in [1.54, 1.807) is 0 Å². The van der Waals surface area contributed by atoms with Crippen molar-refractivity contribution >= 4 is 5.91 Å². The highest BCUT2D eigenvalue weighted by molar-refractivity contribution is 5.97. The first-order valence-corrected chi connectivity index (χ1v) is 7.54. The van der Waals surface area contributed by atoms with Gasteiger partial charge in [0.2, 0.25) is 0 Å². The Balaban J connectivity index is 2.29. The van der Waals surface area contributed by atoms with Gasteiger partial charge in [-0.25, -0.2) is 0 Å². The molecule has 1 saturated carbocycles. The number of nitrogens with one attached hydrogen (secondary N) is 1. The van der Waals surface area contributed by atoms with E-state index in [-0.39, 0.29) is 5.91 Å². The molecule has 2 nitrogen and oxygen atoms in total. The molecule has 1 amide bonds. The van der Waals surface area contributed by atoms with E-state index >= 15 is 0 Å². The van der Waals surface area contributed by atoms with Crippen molar-refractivity contribution in [1.82, 2.24) is 5.32 Å². The Kier molecular flexibility index (Phi) is 5.15. The maximum atomic E-state index is 12.5. The molecule has 0 heterocycles. The number of amides is 1. The number of carbonyl (C=O) groups excluding carboxylic acids is 1. The molecular weight excluding hydrogens is 258 g/mol. The Morgan fingerprint density at radius 1 is 1.24 bits per heavy atom. The standard InChI is InChI=1S/C19H23NO/c1-4-9-18(16-12-7-5-10-14(16)2)20-19(21)17-13-8-6-11-15(17)3/h4,6,8-9,11,13H,2,5,7,10,12H2,1,3H3,(H,20,21)/b9-4-,18-16+. The van der Waals surface area contributed by atoms with Gasteiger partial charge in [0, 0.05) is 11.3 Å². The third kappa shape index (κ3) is 3.72.